The van der Waals surface area contributed by atoms with Crippen LogP contribution in [-0.2, 0) is 28.8 Å². The molecule has 16 nitrogen and oxygen atoms in total. The van der Waals surface area contributed by atoms with Crippen molar-refractivity contribution in [3.63, 3.8) is 0 Å². The summed E-state index contributed by atoms with van der Waals surface area (Å²) in [5.74, 6) is -5.50. The van der Waals surface area contributed by atoms with Gasteiger partial charge in [-0.2, -0.15) is 11.8 Å². The van der Waals surface area contributed by atoms with Gasteiger partial charge in [-0.3, -0.25) is 29.0 Å². The minimum atomic E-state index is -1.53. The third-order valence-electron chi connectivity index (χ3n) is 4.60. The van der Waals surface area contributed by atoms with Crippen LogP contribution >= 0.6 is 11.8 Å². The van der Waals surface area contributed by atoms with Crippen LogP contribution in [0.5, 0.6) is 0 Å². The Morgan fingerprint density at radius 3 is 1.83 bits per heavy atom. The van der Waals surface area contributed by atoms with Crippen molar-refractivity contribution in [1.29, 1.82) is 0 Å². The molecule has 0 aliphatic rings. The number of amides is 5. The first-order chi connectivity index (χ1) is 16.8. The van der Waals surface area contributed by atoms with Crippen LogP contribution in [-0.4, -0.2) is 89.3 Å². The van der Waals surface area contributed by atoms with Gasteiger partial charge in [-0.25, -0.2) is 4.79 Å². The highest BCUT2D eigenvalue weighted by Crippen LogP contribution is 2.05. The lowest BCUT2D eigenvalue weighted by molar-refractivity contribution is -0.142. The lowest BCUT2D eigenvalue weighted by Gasteiger charge is -2.24. The van der Waals surface area contributed by atoms with Crippen LogP contribution in [0.2, 0.25) is 0 Å². The van der Waals surface area contributed by atoms with Crippen LogP contribution in [0.25, 0.3) is 0 Å². The van der Waals surface area contributed by atoms with E-state index in [9.17, 15) is 33.9 Å². The number of hydrogen-bond donors (Lipinski definition) is 9. The number of nitrogens with two attached hydrogens (primary N) is 5. The van der Waals surface area contributed by atoms with E-state index in [0.29, 0.717) is 5.75 Å². The smallest absolute Gasteiger partial charge is 0.326 e. The summed E-state index contributed by atoms with van der Waals surface area (Å²) in [7, 11) is 0. The summed E-state index contributed by atoms with van der Waals surface area (Å²) in [6.07, 6.45) is 0.973. The van der Waals surface area contributed by atoms with E-state index in [4.69, 9.17) is 28.7 Å². The van der Waals surface area contributed by atoms with Crippen molar-refractivity contribution < 1.29 is 33.9 Å². The molecule has 4 atom stereocenters. The number of primary amides is 2. The van der Waals surface area contributed by atoms with Crippen LogP contribution < -0.4 is 44.6 Å². The van der Waals surface area contributed by atoms with E-state index in [1.165, 1.54) is 11.8 Å². The molecular weight excluding hydrogens is 498 g/mol. The standard InChI is InChI=1S/C19H35N9O7S/c1-36-6-4-10(26-15(31)9(20)7-13(21)29)16(32)28-12(8-14(22)30)17(33)27-11(18(34)35)3-2-5-25-19(23)24/h9-12H,2-8,20H2,1H3,(H2,21,29)(H2,22,30)(H,26,31)(H,27,33)(H,28,32)(H,34,35)(H4,23,24,25). The van der Waals surface area contributed by atoms with Crippen LogP contribution in [0.3, 0.4) is 0 Å². The Hall–Kier alpha value is -3.60. The molecule has 0 spiro atoms. The maximum absolute atomic E-state index is 12.9. The van der Waals surface area contributed by atoms with Gasteiger partial charge in [0.2, 0.25) is 29.5 Å². The highest BCUT2D eigenvalue weighted by molar-refractivity contribution is 7.98. The van der Waals surface area contributed by atoms with Gasteiger partial charge in [0, 0.05) is 6.54 Å². The second-order valence-electron chi connectivity index (χ2n) is 7.70. The summed E-state index contributed by atoms with van der Waals surface area (Å²) in [5, 5.41) is 16.3. The Balaban J connectivity index is 5.46. The van der Waals surface area contributed by atoms with E-state index in [0.717, 1.165) is 0 Å². The van der Waals surface area contributed by atoms with Crippen molar-refractivity contribution in [3.8, 4) is 0 Å². The second-order valence-corrected chi connectivity index (χ2v) is 8.69. The maximum Gasteiger partial charge on any atom is 0.326 e. The van der Waals surface area contributed by atoms with E-state index >= 15 is 0 Å². The molecule has 0 saturated heterocycles. The van der Waals surface area contributed by atoms with Gasteiger partial charge in [0.25, 0.3) is 0 Å². The number of aliphatic imine (C=N–C) groups is 1. The normalized spacial score (nSPS) is 13.8. The van der Waals surface area contributed by atoms with Crippen LogP contribution in [0.15, 0.2) is 4.99 Å². The minimum Gasteiger partial charge on any atom is -0.480 e. The third-order valence-corrected chi connectivity index (χ3v) is 5.24. The fourth-order valence-corrected chi connectivity index (χ4v) is 3.28. The predicted octanol–water partition coefficient (Wildman–Crippen LogP) is -4.59. The molecule has 17 heteroatoms. The van der Waals surface area contributed by atoms with Crippen molar-refractivity contribution >= 4 is 53.2 Å². The van der Waals surface area contributed by atoms with E-state index in [1.54, 1.807) is 6.26 Å². The zero-order chi connectivity index (χ0) is 27.8. The number of carbonyl (C=O) groups excluding carboxylic acids is 5. The average Bonchev–Trinajstić information content (AvgIpc) is 2.76. The SMILES string of the molecule is CSCCC(NC(=O)C(N)CC(N)=O)C(=O)NC(CC(N)=O)C(=O)NC(CCCN=C(N)N)C(=O)O. The minimum absolute atomic E-state index is 0.0424. The first kappa shape index (κ1) is 32.4. The first-order valence-electron chi connectivity index (χ1n) is 10.8. The number of carboxylic acid groups (broad SMARTS) is 1. The van der Waals surface area contributed by atoms with Gasteiger partial charge in [-0.15, -0.1) is 0 Å². The largest absolute Gasteiger partial charge is 0.480 e. The lowest BCUT2D eigenvalue weighted by Crippen LogP contribution is -2.58. The van der Waals surface area contributed by atoms with Crippen molar-refractivity contribution in [1.82, 2.24) is 16.0 Å². The number of aliphatic carboxylic acids is 1. The zero-order valence-electron chi connectivity index (χ0n) is 19.9. The lowest BCUT2D eigenvalue weighted by atomic mass is 10.1. The van der Waals surface area contributed by atoms with Gasteiger partial charge in [-0.05, 0) is 31.3 Å². The van der Waals surface area contributed by atoms with Crippen molar-refractivity contribution in [2.24, 2.45) is 33.7 Å². The van der Waals surface area contributed by atoms with Crippen molar-refractivity contribution in [2.45, 2.75) is 56.3 Å². The van der Waals surface area contributed by atoms with Crippen LogP contribution in [0, 0.1) is 0 Å². The summed E-state index contributed by atoms with van der Waals surface area (Å²) in [6, 6.07) is -5.37. The Kier molecular flexibility index (Phi) is 15.2. The Morgan fingerprint density at radius 2 is 1.33 bits per heavy atom. The molecule has 0 aromatic rings. The van der Waals surface area contributed by atoms with Crippen molar-refractivity contribution in [2.75, 3.05) is 18.6 Å². The molecular formula is C19H35N9O7S. The van der Waals surface area contributed by atoms with Gasteiger partial charge in [0.1, 0.15) is 18.1 Å². The molecule has 14 N–H and O–H groups in total. The fourth-order valence-electron chi connectivity index (χ4n) is 2.81. The Morgan fingerprint density at radius 1 is 0.806 bits per heavy atom. The highest BCUT2D eigenvalue weighted by Gasteiger charge is 2.31. The molecule has 0 saturated carbocycles. The maximum atomic E-state index is 12.9. The molecule has 4 unspecified atom stereocenters. The van der Waals surface area contributed by atoms with Crippen LogP contribution in [0.1, 0.15) is 32.1 Å². The van der Waals surface area contributed by atoms with Crippen molar-refractivity contribution in [3.05, 3.63) is 0 Å². The number of nitrogens with one attached hydrogen (secondary N) is 3. The summed E-state index contributed by atoms with van der Waals surface area (Å²) >= 11 is 1.37. The molecule has 0 bridgehead atoms. The predicted molar refractivity (Wildman–Crippen MR) is 132 cm³/mol. The molecule has 0 aliphatic heterocycles. The summed E-state index contributed by atoms with van der Waals surface area (Å²) < 4.78 is 0. The number of guanidine groups is 1. The molecule has 5 amide bonds. The quantitative estimate of drug-likeness (QED) is 0.0458. The molecule has 0 rings (SSSR count). The molecule has 0 aromatic heterocycles. The van der Waals surface area contributed by atoms with E-state index in [1.807, 2.05) is 0 Å². The molecule has 36 heavy (non-hydrogen) atoms. The summed E-state index contributed by atoms with van der Waals surface area (Å²) in [6.45, 7) is 0.123. The first-order valence-corrected chi connectivity index (χ1v) is 12.2. The van der Waals surface area contributed by atoms with E-state index in [2.05, 4.69) is 20.9 Å². The van der Waals surface area contributed by atoms with Crippen LogP contribution in [0.4, 0.5) is 0 Å². The fraction of sp³-hybridized carbons (Fsp3) is 0.632. The third kappa shape index (κ3) is 14.0. The molecule has 0 radical (unpaired) electrons. The number of rotatable bonds is 18. The number of carbonyl (C=O) groups is 6. The Labute approximate surface area is 211 Å². The number of nitrogens with zero attached hydrogens (tertiary/aromatic N) is 1. The number of carboxylic acids is 1. The van der Waals surface area contributed by atoms with Gasteiger partial charge < -0.3 is 49.7 Å². The summed E-state index contributed by atoms with van der Waals surface area (Å²) in [5.41, 5.74) is 26.2. The Bertz CT molecular complexity index is 836. The molecule has 0 aliphatic carbocycles. The highest BCUT2D eigenvalue weighted by atomic mass is 32.2. The second kappa shape index (κ2) is 16.9. The molecule has 0 heterocycles. The monoisotopic (exact) mass is 533 g/mol. The van der Waals surface area contributed by atoms with E-state index < -0.39 is 72.5 Å². The van der Waals surface area contributed by atoms with Gasteiger partial charge in [-0.1, -0.05) is 0 Å². The summed E-state index contributed by atoms with van der Waals surface area (Å²) in [4.78, 5) is 75.6. The number of hydrogen-bond acceptors (Lipinski definition) is 9. The molecule has 0 aromatic carbocycles. The average molecular weight is 534 g/mol. The topological polar surface area (TPSA) is 301 Å². The van der Waals surface area contributed by atoms with E-state index in [-0.39, 0.29) is 31.8 Å². The number of thioether (sulfide) groups is 1. The molecule has 204 valence electrons. The van der Waals surface area contributed by atoms with Gasteiger partial charge >= 0.3 is 5.97 Å². The van der Waals surface area contributed by atoms with Gasteiger partial charge in [0.15, 0.2) is 5.96 Å². The van der Waals surface area contributed by atoms with Gasteiger partial charge in [0.05, 0.1) is 18.9 Å². The zero-order valence-corrected chi connectivity index (χ0v) is 20.7. The molecule has 0 fully saturated rings.